The predicted octanol–water partition coefficient (Wildman–Crippen LogP) is 7.25. The van der Waals surface area contributed by atoms with Gasteiger partial charge >= 0.3 is 0 Å². The predicted molar refractivity (Wildman–Crippen MR) is 121 cm³/mol. The Hall–Kier alpha value is -1.90. The standard InChI is InChI=1S/C26H38N2O/c1-3-5-6-20-29-26-19-18-25(27-28-26)24-16-14-23(15-17-24)13-12-22-10-8-21(7-4-2)9-11-22/h14-19,21-22H,3-13,20H2,1-2H3. The Morgan fingerprint density at radius 2 is 1.52 bits per heavy atom. The van der Waals surface area contributed by atoms with Gasteiger partial charge in [0.05, 0.1) is 12.3 Å². The molecule has 29 heavy (non-hydrogen) atoms. The van der Waals surface area contributed by atoms with E-state index in [0.29, 0.717) is 5.88 Å². The van der Waals surface area contributed by atoms with E-state index in [1.165, 1.54) is 69.8 Å². The van der Waals surface area contributed by atoms with Gasteiger partial charge in [-0.25, -0.2) is 0 Å². The first-order valence-electron chi connectivity index (χ1n) is 11.8. The Balaban J connectivity index is 1.44. The topological polar surface area (TPSA) is 35.0 Å². The molecule has 0 radical (unpaired) electrons. The molecule has 1 aliphatic carbocycles. The fourth-order valence-corrected chi connectivity index (χ4v) is 4.51. The average Bonchev–Trinajstić information content (AvgIpc) is 2.77. The number of aryl methyl sites for hydroxylation is 1. The van der Waals surface area contributed by atoms with Crippen molar-refractivity contribution in [1.29, 1.82) is 0 Å². The third kappa shape index (κ3) is 7.13. The SMILES string of the molecule is CCCCCOc1ccc(-c2ccc(CCC3CCC(CCC)CC3)cc2)nn1. The largest absolute Gasteiger partial charge is 0.477 e. The van der Waals surface area contributed by atoms with Crippen molar-refractivity contribution in [2.75, 3.05) is 6.61 Å². The molecule has 0 saturated heterocycles. The van der Waals surface area contributed by atoms with E-state index in [1.807, 2.05) is 12.1 Å². The smallest absolute Gasteiger partial charge is 0.233 e. The molecule has 158 valence electrons. The second-order valence-electron chi connectivity index (χ2n) is 8.72. The second kappa shape index (κ2) is 11.9. The van der Waals surface area contributed by atoms with E-state index in [1.54, 1.807) is 0 Å². The summed E-state index contributed by atoms with van der Waals surface area (Å²) in [5, 5.41) is 8.56. The maximum absolute atomic E-state index is 5.65. The molecule has 0 spiro atoms. The molecule has 3 heteroatoms. The summed E-state index contributed by atoms with van der Waals surface area (Å²) in [4.78, 5) is 0. The van der Waals surface area contributed by atoms with Crippen molar-refractivity contribution in [2.45, 2.75) is 84.5 Å². The molecule has 3 rings (SSSR count). The number of hydrogen-bond acceptors (Lipinski definition) is 3. The van der Waals surface area contributed by atoms with Crippen LogP contribution in [0.25, 0.3) is 11.3 Å². The highest BCUT2D eigenvalue weighted by Crippen LogP contribution is 2.34. The Kier molecular flexibility index (Phi) is 8.98. The van der Waals surface area contributed by atoms with Gasteiger partial charge in [0, 0.05) is 11.6 Å². The molecule has 1 aromatic carbocycles. The number of nitrogens with zero attached hydrogens (tertiary/aromatic N) is 2. The molecule has 1 saturated carbocycles. The lowest BCUT2D eigenvalue weighted by molar-refractivity contribution is 0.252. The Morgan fingerprint density at radius 3 is 2.14 bits per heavy atom. The third-order valence-corrected chi connectivity index (χ3v) is 6.39. The molecule has 0 unspecified atom stereocenters. The molecule has 2 aromatic rings. The molecule has 0 atom stereocenters. The first-order valence-corrected chi connectivity index (χ1v) is 11.8. The molecule has 1 aliphatic rings. The van der Waals surface area contributed by atoms with Crippen LogP contribution in [0.3, 0.4) is 0 Å². The zero-order valence-electron chi connectivity index (χ0n) is 18.4. The van der Waals surface area contributed by atoms with Crippen LogP contribution >= 0.6 is 0 Å². The molecular weight excluding hydrogens is 356 g/mol. The summed E-state index contributed by atoms with van der Waals surface area (Å²) in [6, 6.07) is 12.8. The van der Waals surface area contributed by atoms with Gasteiger partial charge in [-0.2, -0.15) is 0 Å². The fourth-order valence-electron chi connectivity index (χ4n) is 4.51. The number of benzene rings is 1. The van der Waals surface area contributed by atoms with Crippen LogP contribution in [0.2, 0.25) is 0 Å². The van der Waals surface area contributed by atoms with Crippen LogP contribution in [0.5, 0.6) is 5.88 Å². The monoisotopic (exact) mass is 394 g/mol. The first kappa shape index (κ1) is 21.8. The molecule has 0 bridgehead atoms. The van der Waals surface area contributed by atoms with Crippen LogP contribution in [0.15, 0.2) is 36.4 Å². The highest BCUT2D eigenvalue weighted by atomic mass is 16.5. The molecule has 0 aliphatic heterocycles. The lowest BCUT2D eigenvalue weighted by Crippen LogP contribution is -2.15. The minimum atomic E-state index is 0.620. The normalized spacial score (nSPS) is 19.2. The molecule has 1 heterocycles. The van der Waals surface area contributed by atoms with Crippen LogP contribution in [-0.4, -0.2) is 16.8 Å². The van der Waals surface area contributed by atoms with E-state index >= 15 is 0 Å². The number of aromatic nitrogens is 2. The minimum absolute atomic E-state index is 0.620. The minimum Gasteiger partial charge on any atom is -0.477 e. The second-order valence-corrected chi connectivity index (χ2v) is 8.72. The highest BCUT2D eigenvalue weighted by Gasteiger charge is 2.20. The van der Waals surface area contributed by atoms with Gasteiger partial charge in [0.2, 0.25) is 5.88 Å². The summed E-state index contributed by atoms with van der Waals surface area (Å²) in [7, 11) is 0. The molecule has 3 nitrogen and oxygen atoms in total. The summed E-state index contributed by atoms with van der Waals surface area (Å²) in [5.41, 5.74) is 3.47. The lowest BCUT2D eigenvalue weighted by atomic mass is 9.78. The van der Waals surface area contributed by atoms with Crippen LogP contribution < -0.4 is 4.74 Å². The van der Waals surface area contributed by atoms with Crippen molar-refractivity contribution < 1.29 is 4.74 Å². The first-order chi connectivity index (χ1) is 14.3. The number of ether oxygens (including phenoxy) is 1. The van der Waals surface area contributed by atoms with Crippen LogP contribution in [0, 0.1) is 11.8 Å². The van der Waals surface area contributed by atoms with E-state index in [4.69, 9.17) is 4.74 Å². The van der Waals surface area contributed by atoms with E-state index < -0.39 is 0 Å². The number of rotatable bonds is 11. The van der Waals surface area contributed by atoms with Gasteiger partial charge in [-0.3, -0.25) is 0 Å². The average molecular weight is 395 g/mol. The molecular formula is C26H38N2O. The number of unbranched alkanes of at least 4 members (excludes halogenated alkanes) is 2. The molecule has 0 N–H and O–H groups in total. The van der Waals surface area contributed by atoms with Crippen molar-refractivity contribution >= 4 is 0 Å². The Bertz CT molecular complexity index is 688. The highest BCUT2D eigenvalue weighted by molar-refractivity contribution is 5.59. The van der Waals surface area contributed by atoms with Gasteiger partial charge < -0.3 is 4.74 Å². The van der Waals surface area contributed by atoms with Gasteiger partial charge in [0.15, 0.2) is 0 Å². The van der Waals surface area contributed by atoms with Crippen LogP contribution in [0.4, 0.5) is 0 Å². The van der Waals surface area contributed by atoms with E-state index in [-0.39, 0.29) is 0 Å². The van der Waals surface area contributed by atoms with Crippen molar-refractivity contribution in [3.8, 4) is 17.1 Å². The third-order valence-electron chi connectivity index (χ3n) is 6.39. The summed E-state index contributed by atoms with van der Waals surface area (Å²) in [5.74, 6) is 2.55. The zero-order chi connectivity index (χ0) is 20.3. The maximum Gasteiger partial charge on any atom is 0.233 e. The van der Waals surface area contributed by atoms with Gasteiger partial charge in [-0.15, -0.1) is 10.2 Å². The van der Waals surface area contributed by atoms with Gasteiger partial charge in [0.25, 0.3) is 0 Å². The summed E-state index contributed by atoms with van der Waals surface area (Å²) in [6.45, 7) is 5.23. The van der Waals surface area contributed by atoms with Gasteiger partial charge in [-0.05, 0) is 42.7 Å². The Morgan fingerprint density at radius 1 is 0.793 bits per heavy atom. The molecule has 1 aromatic heterocycles. The van der Waals surface area contributed by atoms with Crippen molar-refractivity contribution in [3.05, 3.63) is 42.0 Å². The van der Waals surface area contributed by atoms with Crippen LogP contribution in [0.1, 0.15) is 83.6 Å². The van der Waals surface area contributed by atoms with E-state index in [0.717, 1.165) is 36.1 Å². The quantitative estimate of drug-likeness (QED) is 0.376. The van der Waals surface area contributed by atoms with E-state index in [9.17, 15) is 0 Å². The van der Waals surface area contributed by atoms with Crippen molar-refractivity contribution in [3.63, 3.8) is 0 Å². The fraction of sp³-hybridized carbons (Fsp3) is 0.615. The lowest BCUT2D eigenvalue weighted by Gasteiger charge is -2.28. The summed E-state index contributed by atoms with van der Waals surface area (Å²) < 4.78 is 5.65. The zero-order valence-corrected chi connectivity index (χ0v) is 18.4. The van der Waals surface area contributed by atoms with E-state index in [2.05, 4.69) is 48.3 Å². The molecule has 1 fully saturated rings. The maximum atomic E-state index is 5.65. The van der Waals surface area contributed by atoms with Gasteiger partial charge in [-0.1, -0.05) is 89.5 Å². The summed E-state index contributed by atoms with van der Waals surface area (Å²) >= 11 is 0. The Labute approximate surface area is 177 Å². The van der Waals surface area contributed by atoms with Gasteiger partial charge in [0.1, 0.15) is 0 Å². The van der Waals surface area contributed by atoms with Crippen molar-refractivity contribution in [1.82, 2.24) is 10.2 Å². The number of hydrogen-bond donors (Lipinski definition) is 0. The van der Waals surface area contributed by atoms with Crippen LogP contribution in [-0.2, 0) is 6.42 Å². The summed E-state index contributed by atoms with van der Waals surface area (Å²) in [6.07, 6.45) is 14.5. The van der Waals surface area contributed by atoms with Crippen molar-refractivity contribution in [2.24, 2.45) is 11.8 Å². The molecule has 0 amide bonds.